The van der Waals surface area contributed by atoms with Gasteiger partial charge in [0, 0.05) is 11.0 Å². The third kappa shape index (κ3) is 3.83. The lowest BCUT2D eigenvalue weighted by molar-refractivity contribution is -0.0122. The van der Waals surface area contributed by atoms with Gasteiger partial charge in [0.1, 0.15) is 5.75 Å². The highest BCUT2D eigenvalue weighted by Gasteiger charge is 2.19. The van der Waals surface area contributed by atoms with Crippen LogP contribution in [0.5, 0.6) is 5.75 Å². The summed E-state index contributed by atoms with van der Waals surface area (Å²) in [5, 5.41) is 0. The van der Waals surface area contributed by atoms with Crippen molar-refractivity contribution in [3.05, 3.63) is 29.8 Å². The molecule has 0 radical (unpaired) electrons. The standard InChI is InChI=1S/C14H19IO3/c1-16-12-5-2-4-11(8-12)14(9-15)18-10-13-6-3-7-17-13/h2,4-5,8,13-14H,3,6-7,9-10H2,1H3. The third-order valence-electron chi connectivity index (χ3n) is 3.11. The smallest absolute Gasteiger partial charge is 0.119 e. The normalized spacial score (nSPS) is 20.9. The molecule has 1 aromatic rings. The number of halogens is 1. The summed E-state index contributed by atoms with van der Waals surface area (Å²) in [5.41, 5.74) is 1.17. The van der Waals surface area contributed by atoms with Gasteiger partial charge >= 0.3 is 0 Å². The lowest BCUT2D eigenvalue weighted by Gasteiger charge is -2.19. The van der Waals surface area contributed by atoms with Gasteiger partial charge in [0.15, 0.2) is 0 Å². The topological polar surface area (TPSA) is 27.7 Å². The van der Waals surface area contributed by atoms with E-state index >= 15 is 0 Å². The molecule has 4 heteroatoms. The van der Waals surface area contributed by atoms with Crippen molar-refractivity contribution in [2.24, 2.45) is 0 Å². The van der Waals surface area contributed by atoms with E-state index in [1.54, 1.807) is 7.11 Å². The van der Waals surface area contributed by atoms with Gasteiger partial charge in [0.2, 0.25) is 0 Å². The molecule has 1 saturated heterocycles. The molecule has 3 nitrogen and oxygen atoms in total. The summed E-state index contributed by atoms with van der Waals surface area (Å²) in [4.78, 5) is 0. The number of alkyl halides is 1. The maximum absolute atomic E-state index is 5.97. The van der Waals surface area contributed by atoms with Gasteiger partial charge in [-0.15, -0.1) is 0 Å². The van der Waals surface area contributed by atoms with Crippen molar-refractivity contribution in [3.63, 3.8) is 0 Å². The fourth-order valence-corrected chi connectivity index (χ4v) is 2.83. The Kier molecular flexibility index (Phi) is 5.72. The third-order valence-corrected chi connectivity index (χ3v) is 3.91. The molecule has 2 unspecified atom stereocenters. The van der Waals surface area contributed by atoms with Gasteiger partial charge in [-0.05, 0) is 30.5 Å². The average molecular weight is 362 g/mol. The molecule has 2 rings (SSSR count). The van der Waals surface area contributed by atoms with Crippen LogP contribution in [-0.4, -0.2) is 30.9 Å². The largest absolute Gasteiger partial charge is 0.497 e. The van der Waals surface area contributed by atoms with Crippen LogP contribution in [0.1, 0.15) is 24.5 Å². The molecule has 1 fully saturated rings. The summed E-state index contributed by atoms with van der Waals surface area (Å²) < 4.78 is 17.7. The van der Waals surface area contributed by atoms with Crippen LogP contribution in [0.2, 0.25) is 0 Å². The molecule has 0 N–H and O–H groups in total. The van der Waals surface area contributed by atoms with E-state index in [1.807, 2.05) is 18.2 Å². The molecule has 0 amide bonds. The second-order valence-corrected chi connectivity index (χ2v) is 5.27. The molecule has 0 saturated carbocycles. The summed E-state index contributed by atoms with van der Waals surface area (Å²) in [6.45, 7) is 1.56. The van der Waals surface area contributed by atoms with Crippen LogP contribution in [-0.2, 0) is 9.47 Å². The Bertz CT molecular complexity index is 364. The lowest BCUT2D eigenvalue weighted by atomic mass is 10.1. The van der Waals surface area contributed by atoms with Crippen molar-refractivity contribution < 1.29 is 14.2 Å². The van der Waals surface area contributed by atoms with Crippen LogP contribution < -0.4 is 4.74 Å². The molecule has 0 aliphatic carbocycles. The fourth-order valence-electron chi connectivity index (χ4n) is 2.07. The molecule has 2 atom stereocenters. The Hall–Kier alpha value is -0.330. The van der Waals surface area contributed by atoms with E-state index in [-0.39, 0.29) is 12.2 Å². The summed E-state index contributed by atoms with van der Waals surface area (Å²) in [5.74, 6) is 0.878. The number of ether oxygens (including phenoxy) is 3. The van der Waals surface area contributed by atoms with Crippen LogP contribution in [0.15, 0.2) is 24.3 Å². The Labute approximate surface area is 122 Å². The molecule has 1 aliphatic rings. The van der Waals surface area contributed by atoms with Gasteiger partial charge in [-0.25, -0.2) is 0 Å². The SMILES string of the molecule is COc1cccc(C(CI)OCC2CCCO2)c1. The Morgan fingerprint density at radius 2 is 2.39 bits per heavy atom. The highest BCUT2D eigenvalue weighted by molar-refractivity contribution is 14.1. The first-order chi connectivity index (χ1) is 8.83. The Morgan fingerprint density at radius 1 is 1.50 bits per heavy atom. The number of hydrogen-bond acceptors (Lipinski definition) is 3. The number of methoxy groups -OCH3 is 1. The van der Waals surface area contributed by atoms with E-state index in [0.717, 1.165) is 29.6 Å². The van der Waals surface area contributed by atoms with E-state index in [9.17, 15) is 0 Å². The minimum Gasteiger partial charge on any atom is -0.497 e. The monoisotopic (exact) mass is 362 g/mol. The first-order valence-corrected chi connectivity index (χ1v) is 7.79. The molecular weight excluding hydrogens is 343 g/mol. The zero-order valence-corrected chi connectivity index (χ0v) is 12.8. The molecule has 1 aromatic carbocycles. The Morgan fingerprint density at radius 3 is 3.06 bits per heavy atom. The van der Waals surface area contributed by atoms with Crippen LogP contribution in [0.3, 0.4) is 0 Å². The summed E-state index contributed by atoms with van der Waals surface area (Å²) in [7, 11) is 1.69. The average Bonchev–Trinajstić information content (AvgIpc) is 2.93. The highest BCUT2D eigenvalue weighted by atomic mass is 127. The number of benzene rings is 1. The summed E-state index contributed by atoms with van der Waals surface area (Å²) in [6.07, 6.45) is 2.67. The second-order valence-electron chi connectivity index (χ2n) is 4.39. The van der Waals surface area contributed by atoms with Crippen molar-refractivity contribution >= 4 is 22.6 Å². The quantitative estimate of drug-likeness (QED) is 0.574. The van der Waals surface area contributed by atoms with Crippen molar-refractivity contribution in [2.45, 2.75) is 25.0 Å². The van der Waals surface area contributed by atoms with E-state index in [2.05, 4.69) is 28.7 Å². The van der Waals surface area contributed by atoms with Gasteiger partial charge < -0.3 is 14.2 Å². The van der Waals surface area contributed by atoms with Crippen molar-refractivity contribution in [1.82, 2.24) is 0 Å². The van der Waals surface area contributed by atoms with Gasteiger partial charge in [-0.3, -0.25) is 0 Å². The fraction of sp³-hybridized carbons (Fsp3) is 0.571. The molecule has 0 bridgehead atoms. The first kappa shape index (κ1) is 14.1. The van der Waals surface area contributed by atoms with Crippen LogP contribution >= 0.6 is 22.6 Å². The van der Waals surface area contributed by atoms with Gasteiger partial charge in [0.05, 0.1) is 25.9 Å². The predicted molar refractivity (Wildman–Crippen MR) is 79.5 cm³/mol. The maximum atomic E-state index is 5.97. The highest BCUT2D eigenvalue weighted by Crippen LogP contribution is 2.25. The molecule has 100 valence electrons. The minimum absolute atomic E-state index is 0.116. The van der Waals surface area contributed by atoms with Gasteiger partial charge in [-0.2, -0.15) is 0 Å². The van der Waals surface area contributed by atoms with Crippen LogP contribution in [0.4, 0.5) is 0 Å². The molecule has 18 heavy (non-hydrogen) atoms. The van der Waals surface area contributed by atoms with Gasteiger partial charge in [-0.1, -0.05) is 34.7 Å². The number of rotatable bonds is 6. The molecule has 1 aliphatic heterocycles. The molecule has 0 aromatic heterocycles. The second kappa shape index (κ2) is 7.31. The van der Waals surface area contributed by atoms with Crippen LogP contribution in [0, 0.1) is 0 Å². The molecular formula is C14H19IO3. The summed E-state index contributed by atoms with van der Waals surface area (Å²) in [6, 6.07) is 8.08. The zero-order chi connectivity index (χ0) is 12.8. The number of hydrogen-bond donors (Lipinski definition) is 0. The lowest BCUT2D eigenvalue weighted by Crippen LogP contribution is -2.17. The summed E-state index contributed by atoms with van der Waals surface area (Å²) >= 11 is 2.36. The Balaban J connectivity index is 1.93. The van der Waals surface area contributed by atoms with Crippen LogP contribution in [0.25, 0.3) is 0 Å². The van der Waals surface area contributed by atoms with E-state index in [1.165, 1.54) is 5.56 Å². The van der Waals surface area contributed by atoms with E-state index in [4.69, 9.17) is 14.2 Å². The van der Waals surface area contributed by atoms with E-state index in [0.29, 0.717) is 6.61 Å². The predicted octanol–water partition coefficient (Wildman–Crippen LogP) is 3.37. The van der Waals surface area contributed by atoms with Crippen molar-refractivity contribution in [3.8, 4) is 5.75 Å². The zero-order valence-electron chi connectivity index (χ0n) is 10.6. The molecule has 0 spiro atoms. The minimum atomic E-state index is 0.116. The van der Waals surface area contributed by atoms with Gasteiger partial charge in [0.25, 0.3) is 0 Å². The van der Waals surface area contributed by atoms with Crippen molar-refractivity contribution in [2.75, 3.05) is 24.8 Å². The van der Waals surface area contributed by atoms with E-state index < -0.39 is 0 Å². The van der Waals surface area contributed by atoms with Crippen molar-refractivity contribution in [1.29, 1.82) is 0 Å². The first-order valence-electron chi connectivity index (χ1n) is 6.26. The maximum Gasteiger partial charge on any atom is 0.119 e. The molecule has 1 heterocycles.